The standard InChI is InChI=1S/C16H25N5/c1-6-17-9-15-12(2)7-13(3)19-16(15)20(4)10-14-8-18-21(5)11-14/h7-8,11,17H,6,9-10H2,1-5H3. The molecule has 0 radical (unpaired) electrons. The van der Waals surface area contributed by atoms with E-state index in [9.17, 15) is 0 Å². The minimum absolute atomic E-state index is 0.808. The van der Waals surface area contributed by atoms with Gasteiger partial charge in [-0.05, 0) is 32.0 Å². The van der Waals surface area contributed by atoms with Gasteiger partial charge < -0.3 is 10.2 Å². The van der Waals surface area contributed by atoms with Gasteiger partial charge in [-0.25, -0.2) is 4.98 Å². The van der Waals surface area contributed by atoms with Crippen molar-refractivity contribution in [3.63, 3.8) is 0 Å². The highest BCUT2D eigenvalue weighted by molar-refractivity contribution is 5.51. The van der Waals surface area contributed by atoms with Gasteiger partial charge in [-0.15, -0.1) is 0 Å². The third-order valence-corrected chi connectivity index (χ3v) is 3.55. The third-order valence-electron chi connectivity index (χ3n) is 3.55. The second kappa shape index (κ2) is 6.72. The molecule has 0 spiro atoms. The van der Waals surface area contributed by atoms with Crippen molar-refractivity contribution in [2.45, 2.75) is 33.9 Å². The third kappa shape index (κ3) is 3.82. The van der Waals surface area contributed by atoms with Crippen molar-refractivity contribution in [1.29, 1.82) is 0 Å². The number of nitrogens with one attached hydrogen (secondary N) is 1. The van der Waals surface area contributed by atoms with Crippen molar-refractivity contribution in [2.24, 2.45) is 7.05 Å². The van der Waals surface area contributed by atoms with E-state index in [2.05, 4.69) is 42.3 Å². The molecule has 0 aromatic carbocycles. The predicted octanol–water partition coefficient (Wildman–Crippen LogP) is 2.18. The Morgan fingerprint density at radius 1 is 1.33 bits per heavy atom. The molecule has 5 nitrogen and oxygen atoms in total. The molecule has 0 atom stereocenters. The molecule has 1 N–H and O–H groups in total. The van der Waals surface area contributed by atoms with Gasteiger partial charge >= 0.3 is 0 Å². The van der Waals surface area contributed by atoms with Gasteiger partial charge in [0, 0.05) is 50.2 Å². The molecule has 2 aromatic rings. The molecule has 0 fully saturated rings. The zero-order valence-electron chi connectivity index (χ0n) is 13.6. The lowest BCUT2D eigenvalue weighted by Crippen LogP contribution is -2.23. The minimum atomic E-state index is 0.808. The number of hydrogen-bond donors (Lipinski definition) is 1. The number of rotatable bonds is 6. The van der Waals surface area contributed by atoms with Crippen LogP contribution in [0.15, 0.2) is 18.5 Å². The summed E-state index contributed by atoms with van der Waals surface area (Å²) in [5.74, 6) is 1.05. The second-order valence-electron chi connectivity index (χ2n) is 5.54. The maximum Gasteiger partial charge on any atom is 0.133 e. The summed E-state index contributed by atoms with van der Waals surface area (Å²) in [5, 5.41) is 7.63. The lowest BCUT2D eigenvalue weighted by molar-refractivity contribution is 0.714. The predicted molar refractivity (Wildman–Crippen MR) is 86.4 cm³/mol. The summed E-state index contributed by atoms with van der Waals surface area (Å²) in [6.07, 6.45) is 3.95. The number of hydrogen-bond acceptors (Lipinski definition) is 4. The van der Waals surface area contributed by atoms with Gasteiger partial charge in [0.15, 0.2) is 0 Å². The lowest BCUT2D eigenvalue weighted by Gasteiger charge is -2.23. The van der Waals surface area contributed by atoms with E-state index in [0.717, 1.165) is 31.1 Å². The van der Waals surface area contributed by atoms with Gasteiger partial charge in [-0.3, -0.25) is 4.68 Å². The van der Waals surface area contributed by atoms with Crippen LogP contribution in [0, 0.1) is 13.8 Å². The van der Waals surface area contributed by atoms with Crippen molar-refractivity contribution in [1.82, 2.24) is 20.1 Å². The normalized spacial score (nSPS) is 10.9. The van der Waals surface area contributed by atoms with Crippen LogP contribution >= 0.6 is 0 Å². The second-order valence-corrected chi connectivity index (χ2v) is 5.54. The number of aryl methyl sites for hydroxylation is 3. The van der Waals surface area contributed by atoms with E-state index in [1.165, 1.54) is 16.7 Å². The van der Waals surface area contributed by atoms with Crippen molar-refractivity contribution in [3.8, 4) is 0 Å². The molecular formula is C16H25N5. The van der Waals surface area contributed by atoms with Crippen molar-refractivity contribution >= 4 is 5.82 Å². The van der Waals surface area contributed by atoms with Crippen LogP contribution in [-0.2, 0) is 20.1 Å². The molecule has 2 aromatic heterocycles. The van der Waals surface area contributed by atoms with Crippen LogP contribution in [0.5, 0.6) is 0 Å². The van der Waals surface area contributed by atoms with Gasteiger partial charge in [0.05, 0.1) is 6.20 Å². The zero-order chi connectivity index (χ0) is 15.4. The van der Waals surface area contributed by atoms with E-state index >= 15 is 0 Å². The fourth-order valence-electron chi connectivity index (χ4n) is 2.53. The Labute approximate surface area is 127 Å². The van der Waals surface area contributed by atoms with Crippen LogP contribution in [0.2, 0.25) is 0 Å². The first-order valence-corrected chi connectivity index (χ1v) is 7.37. The first-order valence-electron chi connectivity index (χ1n) is 7.37. The highest BCUT2D eigenvalue weighted by atomic mass is 15.2. The lowest BCUT2D eigenvalue weighted by atomic mass is 10.1. The fourth-order valence-corrected chi connectivity index (χ4v) is 2.53. The van der Waals surface area contributed by atoms with Crippen LogP contribution in [0.25, 0.3) is 0 Å². The van der Waals surface area contributed by atoms with E-state index in [1.54, 1.807) is 0 Å². The molecule has 0 saturated carbocycles. The van der Waals surface area contributed by atoms with E-state index in [-0.39, 0.29) is 0 Å². The largest absolute Gasteiger partial charge is 0.355 e. The number of aromatic nitrogens is 3. The topological polar surface area (TPSA) is 46.0 Å². The van der Waals surface area contributed by atoms with Crippen molar-refractivity contribution in [3.05, 3.63) is 40.8 Å². The van der Waals surface area contributed by atoms with Gasteiger partial charge in [0.1, 0.15) is 5.82 Å². The van der Waals surface area contributed by atoms with Crippen LogP contribution in [-0.4, -0.2) is 28.4 Å². The highest BCUT2D eigenvalue weighted by Gasteiger charge is 2.13. The molecule has 0 amide bonds. The van der Waals surface area contributed by atoms with Gasteiger partial charge in [0.25, 0.3) is 0 Å². The van der Waals surface area contributed by atoms with E-state index in [1.807, 2.05) is 31.0 Å². The first-order chi connectivity index (χ1) is 10.0. The number of nitrogens with zero attached hydrogens (tertiary/aromatic N) is 4. The Hall–Kier alpha value is -1.88. The Morgan fingerprint density at radius 2 is 2.10 bits per heavy atom. The molecule has 21 heavy (non-hydrogen) atoms. The average molecular weight is 287 g/mol. The summed E-state index contributed by atoms with van der Waals surface area (Å²) < 4.78 is 1.83. The molecule has 0 saturated heterocycles. The first kappa shape index (κ1) is 15.5. The maximum absolute atomic E-state index is 4.75. The van der Waals surface area contributed by atoms with Crippen LogP contribution in [0.4, 0.5) is 5.82 Å². The van der Waals surface area contributed by atoms with Crippen LogP contribution in [0.1, 0.15) is 29.3 Å². The van der Waals surface area contributed by atoms with E-state index < -0.39 is 0 Å². The van der Waals surface area contributed by atoms with Gasteiger partial charge in [-0.2, -0.15) is 5.10 Å². The summed E-state index contributed by atoms with van der Waals surface area (Å²) >= 11 is 0. The molecule has 5 heteroatoms. The summed E-state index contributed by atoms with van der Waals surface area (Å²) in [5.41, 5.74) is 4.81. The van der Waals surface area contributed by atoms with Crippen molar-refractivity contribution < 1.29 is 0 Å². The number of anilines is 1. The monoisotopic (exact) mass is 287 g/mol. The summed E-state index contributed by atoms with van der Waals surface area (Å²) in [6, 6.07) is 2.15. The smallest absolute Gasteiger partial charge is 0.133 e. The zero-order valence-corrected chi connectivity index (χ0v) is 13.6. The Morgan fingerprint density at radius 3 is 2.71 bits per heavy atom. The van der Waals surface area contributed by atoms with E-state index in [4.69, 9.17) is 4.98 Å². The van der Waals surface area contributed by atoms with Crippen LogP contribution in [0.3, 0.4) is 0 Å². The molecule has 0 aliphatic heterocycles. The summed E-state index contributed by atoms with van der Waals surface area (Å²) in [7, 11) is 4.03. The molecule has 2 heterocycles. The van der Waals surface area contributed by atoms with Gasteiger partial charge in [0.2, 0.25) is 0 Å². The highest BCUT2D eigenvalue weighted by Crippen LogP contribution is 2.23. The van der Waals surface area contributed by atoms with Crippen molar-refractivity contribution in [2.75, 3.05) is 18.5 Å². The molecular weight excluding hydrogens is 262 g/mol. The quantitative estimate of drug-likeness (QED) is 0.884. The summed E-state index contributed by atoms with van der Waals surface area (Å²) in [4.78, 5) is 6.95. The fraction of sp³-hybridized carbons (Fsp3) is 0.500. The molecule has 0 unspecified atom stereocenters. The molecule has 0 aliphatic rings. The molecule has 0 aliphatic carbocycles. The minimum Gasteiger partial charge on any atom is -0.355 e. The Bertz CT molecular complexity index is 603. The Kier molecular flexibility index (Phi) is 4.96. The maximum atomic E-state index is 4.75. The van der Waals surface area contributed by atoms with E-state index in [0.29, 0.717) is 0 Å². The Balaban J connectivity index is 2.27. The molecule has 114 valence electrons. The summed E-state index contributed by atoms with van der Waals surface area (Å²) in [6.45, 7) is 8.94. The van der Waals surface area contributed by atoms with Crippen LogP contribution < -0.4 is 10.2 Å². The van der Waals surface area contributed by atoms with Gasteiger partial charge in [-0.1, -0.05) is 6.92 Å². The number of pyridine rings is 1. The SMILES string of the molecule is CCNCc1c(C)cc(C)nc1N(C)Cc1cnn(C)c1. The molecule has 2 rings (SSSR count). The molecule has 0 bridgehead atoms. The average Bonchev–Trinajstić information content (AvgIpc) is 2.82.